The number of pyridine rings is 1. The largest absolute Gasteiger partial charge is 0.542 e. The number of phenolic OH excluding ortho intramolecular Hbond substituents is 1. The van der Waals surface area contributed by atoms with Crippen molar-refractivity contribution in [1.82, 2.24) is 16.0 Å². The van der Waals surface area contributed by atoms with Crippen LogP contribution in [0.4, 0.5) is 18.9 Å². The Morgan fingerprint density at radius 2 is 1.33 bits per heavy atom. The Bertz CT molecular complexity index is 2490. The second kappa shape index (κ2) is 27.9. The Kier molecular flexibility index (Phi) is 21.9. The number of carbonyl (C=O) groups is 4. The van der Waals surface area contributed by atoms with Crippen molar-refractivity contribution in [3.63, 3.8) is 0 Å². The van der Waals surface area contributed by atoms with E-state index in [0.717, 1.165) is 53.6 Å². The van der Waals surface area contributed by atoms with E-state index >= 15 is 0 Å². The predicted octanol–water partition coefficient (Wildman–Crippen LogP) is 6.79. The predicted molar refractivity (Wildman–Crippen MR) is 265 cm³/mol. The molecule has 0 fully saturated rings. The van der Waals surface area contributed by atoms with Crippen molar-refractivity contribution in [2.24, 2.45) is 10.7 Å². The molecule has 0 spiro atoms. The molecule has 1 atom stereocenters. The molecule has 1 aromatic heterocycles. The fourth-order valence-corrected chi connectivity index (χ4v) is 7.33. The van der Waals surface area contributed by atoms with Gasteiger partial charge in [0.2, 0.25) is 17.7 Å². The molecule has 0 aliphatic heterocycles. The topological polar surface area (TPSA) is 193 Å². The maximum Gasteiger partial charge on any atom is 0.430 e. The maximum atomic E-state index is 13.9. The van der Waals surface area contributed by atoms with Gasteiger partial charge in [0, 0.05) is 71.7 Å². The summed E-state index contributed by atoms with van der Waals surface area (Å²) in [6, 6.07) is 37.5. The van der Waals surface area contributed by atoms with Crippen LogP contribution in [0.3, 0.4) is 0 Å². The highest BCUT2D eigenvalue weighted by molar-refractivity contribution is 5.96. The molecule has 0 saturated carbocycles. The normalized spacial score (nSPS) is 12.0. The van der Waals surface area contributed by atoms with E-state index in [-0.39, 0.29) is 48.9 Å². The van der Waals surface area contributed by atoms with Crippen molar-refractivity contribution in [2.75, 3.05) is 25.5 Å². The lowest BCUT2D eigenvalue weighted by Gasteiger charge is -2.23. The summed E-state index contributed by atoms with van der Waals surface area (Å²) in [7, 11) is 4.07. The number of nitrogens with two attached hydrogens (primary N) is 1. The number of aromatic nitrogens is 1. The minimum atomic E-state index is -5.19. The van der Waals surface area contributed by atoms with E-state index in [2.05, 4.69) is 105 Å². The van der Waals surface area contributed by atoms with E-state index < -0.39 is 24.1 Å². The number of rotatable bonds is 21. The van der Waals surface area contributed by atoms with E-state index in [0.29, 0.717) is 12.8 Å². The fourth-order valence-electron chi connectivity index (χ4n) is 7.33. The molecular formula is C54H62F3N7O6. The van der Waals surface area contributed by atoms with Gasteiger partial charge in [-0.3, -0.25) is 24.7 Å². The van der Waals surface area contributed by atoms with Crippen LogP contribution < -0.4 is 36.3 Å². The number of aryl methyl sites for hydroxylation is 2. The number of carboxylic acids is 1. The lowest BCUT2D eigenvalue weighted by molar-refractivity contribution is -0.709. The Hall–Kier alpha value is -7.75. The van der Waals surface area contributed by atoms with Crippen LogP contribution in [-0.2, 0) is 32.3 Å². The minimum absolute atomic E-state index is 0.0238. The van der Waals surface area contributed by atoms with Crippen molar-refractivity contribution in [3.05, 3.63) is 173 Å². The van der Waals surface area contributed by atoms with Gasteiger partial charge in [-0.2, -0.15) is 13.2 Å². The lowest BCUT2D eigenvalue weighted by atomic mass is 9.90. The van der Waals surface area contributed by atoms with Crippen LogP contribution in [0.5, 0.6) is 5.75 Å². The average molecular weight is 962 g/mol. The first-order chi connectivity index (χ1) is 33.4. The minimum Gasteiger partial charge on any atom is -0.542 e. The molecule has 70 heavy (non-hydrogen) atoms. The quantitative estimate of drug-likeness (QED) is 0.0174. The number of benzene rings is 4. The molecular weight excluding hydrogens is 900 g/mol. The van der Waals surface area contributed by atoms with Gasteiger partial charge in [0.1, 0.15) is 24.3 Å². The molecule has 0 aliphatic rings. The molecule has 13 nitrogen and oxygen atoms in total. The second-order valence-corrected chi connectivity index (χ2v) is 16.7. The van der Waals surface area contributed by atoms with E-state index in [9.17, 15) is 32.7 Å². The third-order valence-corrected chi connectivity index (χ3v) is 11.0. The SMILES string of the molecule is Cc1cc(/C=C/C=C/c2ccc(N(C)C)cc2)cc(C)[n+]1CCCCCC(=O)NC(N)=NCCC[C@@H](NC(=O)C(c1ccccc1)c1ccccc1)C(=O)NCc1ccc(O)cc1.O=C([O-])C(F)(F)F. The van der Waals surface area contributed by atoms with Gasteiger partial charge in [-0.1, -0.05) is 109 Å². The maximum absolute atomic E-state index is 13.9. The number of aliphatic carboxylic acids is 1. The van der Waals surface area contributed by atoms with Crippen molar-refractivity contribution in [1.29, 1.82) is 0 Å². The van der Waals surface area contributed by atoms with Gasteiger partial charge in [-0.15, -0.1) is 0 Å². The second-order valence-electron chi connectivity index (χ2n) is 16.7. The zero-order valence-corrected chi connectivity index (χ0v) is 39.9. The van der Waals surface area contributed by atoms with Gasteiger partial charge < -0.3 is 36.3 Å². The number of anilines is 1. The summed E-state index contributed by atoms with van der Waals surface area (Å²) in [5, 5.41) is 27.1. The number of hydrogen-bond acceptors (Lipinski definition) is 8. The molecule has 5 rings (SSSR count). The molecule has 0 saturated heterocycles. The third-order valence-electron chi connectivity index (χ3n) is 11.0. The molecule has 4 aromatic carbocycles. The van der Waals surface area contributed by atoms with Gasteiger partial charge in [0.25, 0.3) is 0 Å². The summed E-state index contributed by atoms with van der Waals surface area (Å²) in [6.07, 6.45) is 6.73. The van der Waals surface area contributed by atoms with Crippen LogP contribution in [-0.4, -0.2) is 67.6 Å². The van der Waals surface area contributed by atoms with Gasteiger partial charge in [0.05, 0.1) is 5.92 Å². The van der Waals surface area contributed by atoms with Crippen molar-refractivity contribution in [3.8, 4) is 5.75 Å². The zero-order valence-electron chi connectivity index (χ0n) is 39.9. The summed E-state index contributed by atoms with van der Waals surface area (Å²) in [6.45, 7) is 5.59. The molecule has 6 N–H and O–H groups in total. The molecule has 5 aromatic rings. The standard InChI is InChI=1S/C52H61N7O4.C2HF3O2/c1-38-35-42(18-14-13-17-40-25-29-45(30-26-40)58(3)4)36-39(2)59(38)34-15-7-12-24-48(61)57-52(53)54-33-16-23-47(50(62)55-37-41-27-31-46(60)32-28-41)56-51(63)49(43-19-8-5-9-20-43)44-21-10-6-11-22-44;3-2(4,5)1(6)7/h5-6,8-11,13-14,17-22,25-32,35-36,47,49H,7,12,15-16,23-24,33-34,37H2,1-4H3,(H5-,53,54,55,56,57,60,61,62,63);(H,6,7)/t47-;/m1./s1. The highest BCUT2D eigenvalue weighted by atomic mass is 19.4. The van der Waals surface area contributed by atoms with Crippen molar-refractivity contribution >= 4 is 47.5 Å². The van der Waals surface area contributed by atoms with E-state index in [4.69, 9.17) is 15.6 Å². The molecule has 1 heterocycles. The van der Waals surface area contributed by atoms with E-state index in [1.165, 1.54) is 17.1 Å². The van der Waals surface area contributed by atoms with Crippen LogP contribution in [0.15, 0.2) is 138 Å². The molecule has 370 valence electrons. The number of alkyl halides is 3. The number of allylic oxidation sites excluding steroid dienone is 2. The van der Waals surface area contributed by atoms with E-state index in [1.807, 2.05) is 74.8 Å². The summed E-state index contributed by atoms with van der Waals surface area (Å²) >= 11 is 0. The molecule has 0 bridgehead atoms. The molecule has 0 radical (unpaired) electrons. The Morgan fingerprint density at radius 3 is 1.87 bits per heavy atom. The lowest BCUT2D eigenvalue weighted by Crippen LogP contribution is -2.48. The number of phenols is 1. The highest BCUT2D eigenvalue weighted by Gasteiger charge is 2.29. The third kappa shape index (κ3) is 19.1. The van der Waals surface area contributed by atoms with Crippen LogP contribution in [0.1, 0.15) is 83.6 Å². The number of halogens is 3. The van der Waals surface area contributed by atoms with Crippen molar-refractivity contribution < 1.29 is 47.1 Å². The van der Waals surface area contributed by atoms with Gasteiger partial charge >= 0.3 is 6.18 Å². The monoisotopic (exact) mass is 961 g/mol. The van der Waals surface area contributed by atoms with Gasteiger partial charge in [-0.05, 0) is 77.8 Å². The number of hydrogen-bond donors (Lipinski definition) is 5. The molecule has 0 aliphatic carbocycles. The highest BCUT2D eigenvalue weighted by Crippen LogP contribution is 2.25. The smallest absolute Gasteiger partial charge is 0.430 e. The first-order valence-corrected chi connectivity index (χ1v) is 22.9. The number of nitrogens with one attached hydrogen (secondary N) is 3. The molecule has 0 unspecified atom stereocenters. The Balaban J connectivity index is 0.00000141. The Labute approximate surface area is 407 Å². The molecule has 3 amide bonds. The summed E-state index contributed by atoms with van der Waals surface area (Å²) in [4.78, 5) is 55.4. The summed E-state index contributed by atoms with van der Waals surface area (Å²) in [5.74, 6) is -4.32. The van der Waals surface area contributed by atoms with Gasteiger partial charge in [0.15, 0.2) is 17.3 Å². The van der Waals surface area contributed by atoms with Crippen LogP contribution in [0, 0.1) is 13.8 Å². The number of carbonyl (C=O) groups excluding carboxylic acids is 4. The molecule has 16 heteroatoms. The van der Waals surface area contributed by atoms with Crippen LogP contribution >= 0.6 is 0 Å². The number of unbranched alkanes of at least 4 members (excludes halogenated alkanes) is 2. The van der Waals surface area contributed by atoms with Crippen molar-refractivity contribution in [2.45, 2.75) is 83.6 Å². The summed E-state index contributed by atoms with van der Waals surface area (Å²) in [5.41, 5.74) is 14.4. The van der Waals surface area contributed by atoms with E-state index in [1.54, 1.807) is 24.3 Å². The fraction of sp³-hybridized carbons (Fsp3) is 0.296. The van der Waals surface area contributed by atoms with Crippen LogP contribution in [0.25, 0.3) is 12.2 Å². The zero-order chi connectivity index (χ0) is 51.1. The number of carboxylic acid groups (broad SMARTS) is 1. The Morgan fingerprint density at radius 1 is 0.771 bits per heavy atom. The first kappa shape index (κ1) is 54.9. The number of guanidine groups is 1. The summed E-state index contributed by atoms with van der Waals surface area (Å²) < 4.78 is 33.9. The number of nitrogens with zero attached hydrogens (tertiary/aromatic N) is 3. The van der Waals surface area contributed by atoms with Crippen LogP contribution in [0.2, 0.25) is 0 Å². The van der Waals surface area contributed by atoms with Gasteiger partial charge in [-0.25, -0.2) is 4.57 Å². The average Bonchev–Trinajstić information content (AvgIpc) is 3.32. The number of amides is 3. The first-order valence-electron chi connectivity index (χ1n) is 22.9. The number of aliphatic imine (C=N–C) groups is 1. The number of aromatic hydroxyl groups is 1.